The minimum absolute atomic E-state index is 0.236. The molecule has 2 unspecified atom stereocenters. The maximum absolute atomic E-state index is 11.5. The molecule has 4 nitrogen and oxygen atoms in total. The number of benzene rings is 3. The van der Waals surface area contributed by atoms with Gasteiger partial charge in [0.25, 0.3) is 0 Å². The number of rotatable bonds is 6. The van der Waals surface area contributed by atoms with Gasteiger partial charge in [-0.15, -0.1) is 0 Å². The molecule has 0 saturated heterocycles. The standard InChI is InChI=1S/C22H23NO3/c1-2-23(22(25)26)15-20(17-9-4-3-5-10-17)21(24)19-14-8-12-16-11-6-7-13-18(16)19/h3-14,20-21,24H,2,15H2,1H3,(H,25,26). The third kappa shape index (κ3) is 3.70. The van der Waals surface area contributed by atoms with Crippen molar-refractivity contribution in [3.63, 3.8) is 0 Å². The third-order valence-corrected chi connectivity index (χ3v) is 4.82. The molecule has 3 aromatic rings. The molecule has 3 aromatic carbocycles. The Kier molecular flexibility index (Phi) is 5.54. The second kappa shape index (κ2) is 8.02. The first kappa shape index (κ1) is 18.0. The lowest BCUT2D eigenvalue weighted by Crippen LogP contribution is -2.35. The topological polar surface area (TPSA) is 60.8 Å². The van der Waals surface area contributed by atoms with E-state index in [1.807, 2.05) is 72.8 Å². The van der Waals surface area contributed by atoms with E-state index in [1.165, 1.54) is 4.90 Å². The van der Waals surface area contributed by atoms with Gasteiger partial charge in [0.05, 0.1) is 6.10 Å². The summed E-state index contributed by atoms with van der Waals surface area (Å²) in [6.07, 6.45) is -1.78. The molecule has 0 aliphatic heterocycles. The van der Waals surface area contributed by atoms with Crippen LogP contribution in [-0.4, -0.2) is 34.3 Å². The Morgan fingerprint density at radius 2 is 1.62 bits per heavy atom. The third-order valence-electron chi connectivity index (χ3n) is 4.82. The molecule has 1 amide bonds. The Morgan fingerprint density at radius 3 is 2.31 bits per heavy atom. The van der Waals surface area contributed by atoms with Crippen LogP contribution in [0.2, 0.25) is 0 Å². The highest BCUT2D eigenvalue weighted by Gasteiger charge is 2.27. The van der Waals surface area contributed by atoms with Crippen LogP contribution in [0.15, 0.2) is 72.8 Å². The molecule has 134 valence electrons. The summed E-state index contributed by atoms with van der Waals surface area (Å²) in [6.45, 7) is 2.42. The molecule has 0 radical (unpaired) electrons. The number of amides is 1. The number of likely N-dealkylation sites (N-methyl/N-ethyl adjacent to an activating group) is 1. The SMILES string of the molecule is CCN(CC(c1ccccc1)C(O)c1cccc2ccccc12)C(=O)O. The lowest BCUT2D eigenvalue weighted by Gasteiger charge is -2.29. The number of nitrogens with zero attached hydrogens (tertiary/aromatic N) is 1. The Labute approximate surface area is 153 Å². The minimum atomic E-state index is -0.974. The Bertz CT molecular complexity index is 873. The lowest BCUT2D eigenvalue weighted by atomic mass is 9.86. The summed E-state index contributed by atoms with van der Waals surface area (Å²) in [4.78, 5) is 12.9. The summed E-state index contributed by atoms with van der Waals surface area (Å²) in [7, 11) is 0. The quantitative estimate of drug-likeness (QED) is 0.680. The number of hydrogen-bond acceptors (Lipinski definition) is 2. The average molecular weight is 349 g/mol. The smallest absolute Gasteiger partial charge is 0.407 e. The molecule has 0 spiro atoms. The van der Waals surface area contributed by atoms with Gasteiger partial charge in [-0.25, -0.2) is 4.79 Å². The fraction of sp³-hybridized carbons (Fsp3) is 0.227. The normalized spacial score (nSPS) is 13.3. The van der Waals surface area contributed by atoms with Gasteiger partial charge in [0.1, 0.15) is 0 Å². The summed E-state index contributed by atoms with van der Waals surface area (Å²) in [6, 6.07) is 23.4. The van der Waals surface area contributed by atoms with Crippen molar-refractivity contribution in [1.82, 2.24) is 4.90 Å². The number of fused-ring (bicyclic) bond motifs is 1. The summed E-state index contributed by atoms with van der Waals surface area (Å²) < 4.78 is 0. The van der Waals surface area contributed by atoms with Crippen LogP contribution in [0.3, 0.4) is 0 Å². The largest absolute Gasteiger partial charge is 0.465 e. The molecule has 2 N–H and O–H groups in total. The Morgan fingerprint density at radius 1 is 0.962 bits per heavy atom. The van der Waals surface area contributed by atoms with E-state index in [2.05, 4.69) is 0 Å². The van der Waals surface area contributed by atoms with Crippen molar-refractivity contribution < 1.29 is 15.0 Å². The second-order valence-electron chi connectivity index (χ2n) is 6.35. The monoisotopic (exact) mass is 349 g/mol. The van der Waals surface area contributed by atoms with Crippen molar-refractivity contribution in [2.45, 2.75) is 18.9 Å². The molecule has 2 atom stereocenters. The zero-order chi connectivity index (χ0) is 18.5. The summed E-state index contributed by atoms with van der Waals surface area (Å²) in [5.74, 6) is -0.349. The number of carbonyl (C=O) groups is 1. The van der Waals surface area contributed by atoms with Crippen molar-refractivity contribution in [2.75, 3.05) is 13.1 Å². The molecule has 0 fully saturated rings. The van der Waals surface area contributed by atoms with Crippen LogP contribution in [-0.2, 0) is 0 Å². The van der Waals surface area contributed by atoms with Crippen molar-refractivity contribution in [1.29, 1.82) is 0 Å². The lowest BCUT2D eigenvalue weighted by molar-refractivity contribution is 0.107. The van der Waals surface area contributed by atoms with Gasteiger partial charge in [0, 0.05) is 19.0 Å². The molecule has 0 saturated carbocycles. The maximum Gasteiger partial charge on any atom is 0.407 e. The van der Waals surface area contributed by atoms with E-state index >= 15 is 0 Å². The van der Waals surface area contributed by atoms with Crippen LogP contribution in [0.5, 0.6) is 0 Å². The van der Waals surface area contributed by atoms with E-state index in [0.29, 0.717) is 6.54 Å². The molecular formula is C22H23NO3. The van der Waals surface area contributed by atoms with Gasteiger partial charge in [-0.1, -0.05) is 72.8 Å². The second-order valence-corrected chi connectivity index (χ2v) is 6.35. The van der Waals surface area contributed by atoms with Gasteiger partial charge in [-0.2, -0.15) is 0 Å². The number of aliphatic hydroxyl groups is 1. The molecular weight excluding hydrogens is 326 g/mol. The fourth-order valence-electron chi connectivity index (χ4n) is 3.39. The Hall–Kier alpha value is -2.85. The first-order valence-electron chi connectivity index (χ1n) is 8.80. The molecule has 0 heterocycles. The van der Waals surface area contributed by atoms with Gasteiger partial charge in [-0.05, 0) is 28.8 Å². The minimum Gasteiger partial charge on any atom is -0.465 e. The van der Waals surface area contributed by atoms with Crippen molar-refractivity contribution in [2.24, 2.45) is 0 Å². The summed E-state index contributed by atoms with van der Waals surface area (Å²) in [5, 5.41) is 22.7. The zero-order valence-electron chi connectivity index (χ0n) is 14.7. The van der Waals surface area contributed by atoms with Crippen molar-refractivity contribution in [3.05, 3.63) is 83.9 Å². The van der Waals surface area contributed by atoms with Crippen LogP contribution >= 0.6 is 0 Å². The molecule has 0 bridgehead atoms. The summed E-state index contributed by atoms with van der Waals surface area (Å²) >= 11 is 0. The Balaban J connectivity index is 2.04. The van der Waals surface area contributed by atoms with Crippen LogP contribution in [0.4, 0.5) is 4.79 Å². The summed E-state index contributed by atoms with van der Waals surface area (Å²) in [5.41, 5.74) is 1.74. The fourth-order valence-corrected chi connectivity index (χ4v) is 3.39. The van der Waals surface area contributed by atoms with Crippen molar-refractivity contribution >= 4 is 16.9 Å². The van der Waals surface area contributed by atoms with E-state index < -0.39 is 12.2 Å². The molecule has 0 aliphatic rings. The number of carboxylic acid groups (broad SMARTS) is 1. The molecule has 26 heavy (non-hydrogen) atoms. The van der Waals surface area contributed by atoms with E-state index in [1.54, 1.807) is 6.92 Å². The van der Waals surface area contributed by atoms with Crippen molar-refractivity contribution in [3.8, 4) is 0 Å². The van der Waals surface area contributed by atoms with Gasteiger partial charge in [-0.3, -0.25) is 0 Å². The highest BCUT2D eigenvalue weighted by molar-refractivity contribution is 5.86. The molecule has 0 aliphatic carbocycles. The van der Waals surface area contributed by atoms with Crippen LogP contribution in [0.25, 0.3) is 10.8 Å². The number of hydrogen-bond donors (Lipinski definition) is 2. The van der Waals surface area contributed by atoms with Gasteiger partial charge >= 0.3 is 6.09 Å². The average Bonchev–Trinajstić information content (AvgIpc) is 2.68. The zero-order valence-corrected chi connectivity index (χ0v) is 14.7. The first-order chi connectivity index (χ1) is 12.6. The highest BCUT2D eigenvalue weighted by Crippen LogP contribution is 2.35. The predicted molar refractivity (Wildman–Crippen MR) is 103 cm³/mol. The van der Waals surface area contributed by atoms with Gasteiger partial charge in [0.2, 0.25) is 0 Å². The molecule has 3 rings (SSSR count). The van der Waals surface area contributed by atoms with Crippen LogP contribution in [0, 0.1) is 0 Å². The van der Waals surface area contributed by atoms with Gasteiger partial charge < -0.3 is 15.1 Å². The van der Waals surface area contributed by atoms with Crippen LogP contribution < -0.4 is 0 Å². The van der Waals surface area contributed by atoms with E-state index in [0.717, 1.165) is 21.9 Å². The van der Waals surface area contributed by atoms with E-state index in [-0.39, 0.29) is 12.5 Å². The maximum atomic E-state index is 11.5. The number of aliphatic hydroxyl groups excluding tert-OH is 1. The van der Waals surface area contributed by atoms with Gasteiger partial charge in [0.15, 0.2) is 0 Å². The highest BCUT2D eigenvalue weighted by atomic mass is 16.4. The van der Waals surface area contributed by atoms with E-state index in [4.69, 9.17) is 0 Å². The predicted octanol–water partition coefficient (Wildman–Crippen LogP) is 4.66. The molecule has 0 aromatic heterocycles. The van der Waals surface area contributed by atoms with Crippen LogP contribution in [0.1, 0.15) is 30.1 Å². The first-order valence-corrected chi connectivity index (χ1v) is 8.80. The molecule has 4 heteroatoms. The van der Waals surface area contributed by atoms with E-state index in [9.17, 15) is 15.0 Å².